The van der Waals surface area contributed by atoms with Crippen LogP contribution in [0.1, 0.15) is 49.9 Å². The van der Waals surface area contributed by atoms with Gasteiger partial charge in [-0.2, -0.15) is 0 Å². The molecule has 0 saturated carbocycles. The highest BCUT2D eigenvalue weighted by Crippen LogP contribution is 2.33. The number of nitrogens with one attached hydrogen (secondary N) is 1. The van der Waals surface area contributed by atoms with E-state index in [4.69, 9.17) is 4.74 Å². The molecule has 7 nitrogen and oxygen atoms in total. The first-order chi connectivity index (χ1) is 13.5. The molecule has 1 aromatic rings. The van der Waals surface area contributed by atoms with E-state index in [-0.39, 0.29) is 30.7 Å². The molecule has 152 valence electrons. The largest absolute Gasteiger partial charge is 0.482 e. The number of piperidine rings is 1. The van der Waals surface area contributed by atoms with Crippen LogP contribution in [0.5, 0.6) is 5.75 Å². The Morgan fingerprint density at radius 3 is 2.86 bits per heavy atom. The van der Waals surface area contributed by atoms with Gasteiger partial charge in [0.2, 0.25) is 5.91 Å². The van der Waals surface area contributed by atoms with E-state index in [1.807, 2.05) is 0 Å². The Bertz CT molecular complexity index is 749. The Labute approximate surface area is 166 Å². The first-order valence-electron chi connectivity index (χ1n) is 10.0. The molecule has 1 fully saturated rings. The number of anilines is 1. The van der Waals surface area contributed by atoms with Gasteiger partial charge in [0.05, 0.1) is 5.69 Å². The predicted octanol–water partition coefficient (Wildman–Crippen LogP) is 2.00. The lowest BCUT2D eigenvalue weighted by atomic mass is 10.0. The van der Waals surface area contributed by atoms with Crippen LogP contribution in [-0.4, -0.2) is 61.3 Å². The second kappa shape index (κ2) is 9.19. The van der Waals surface area contributed by atoms with Crippen molar-refractivity contribution in [2.45, 2.75) is 45.6 Å². The van der Waals surface area contributed by atoms with Crippen molar-refractivity contribution in [2.75, 3.05) is 37.7 Å². The molecule has 0 spiro atoms. The lowest BCUT2D eigenvalue weighted by molar-refractivity contribution is -0.125. The smallest absolute Gasteiger partial charge is 0.265 e. The maximum atomic E-state index is 12.4. The van der Waals surface area contributed by atoms with Crippen LogP contribution in [0.4, 0.5) is 5.69 Å². The van der Waals surface area contributed by atoms with Crippen LogP contribution in [0.3, 0.4) is 0 Å². The van der Waals surface area contributed by atoms with Crippen LogP contribution in [-0.2, 0) is 9.59 Å². The Kier molecular flexibility index (Phi) is 6.67. The number of ether oxygens (including phenoxy) is 1. The van der Waals surface area contributed by atoms with Crippen LogP contribution in [0.25, 0.3) is 0 Å². The third-order valence-corrected chi connectivity index (χ3v) is 5.50. The van der Waals surface area contributed by atoms with E-state index in [9.17, 15) is 14.4 Å². The van der Waals surface area contributed by atoms with Gasteiger partial charge in [0, 0.05) is 24.7 Å². The van der Waals surface area contributed by atoms with E-state index in [0.29, 0.717) is 29.6 Å². The Balaban J connectivity index is 1.53. The zero-order valence-electron chi connectivity index (χ0n) is 16.7. The Morgan fingerprint density at radius 1 is 1.29 bits per heavy atom. The van der Waals surface area contributed by atoms with Gasteiger partial charge in [-0.05, 0) is 57.9 Å². The second-order valence-electron chi connectivity index (χ2n) is 7.59. The summed E-state index contributed by atoms with van der Waals surface area (Å²) in [6, 6.07) is 5.56. The van der Waals surface area contributed by atoms with Crippen molar-refractivity contribution in [1.29, 1.82) is 0 Å². The summed E-state index contributed by atoms with van der Waals surface area (Å²) in [6.07, 6.45) is 4.68. The highest BCUT2D eigenvalue weighted by Gasteiger charge is 2.28. The molecule has 2 amide bonds. The van der Waals surface area contributed by atoms with E-state index in [2.05, 4.69) is 17.1 Å². The summed E-state index contributed by atoms with van der Waals surface area (Å²) in [5, 5.41) is 2.91. The number of carbonyl (C=O) groups excluding carboxylic acids is 3. The number of likely N-dealkylation sites (tertiary alicyclic amines) is 1. The molecule has 28 heavy (non-hydrogen) atoms. The monoisotopic (exact) mass is 387 g/mol. The van der Waals surface area contributed by atoms with Crippen LogP contribution < -0.4 is 15.0 Å². The highest BCUT2D eigenvalue weighted by atomic mass is 16.5. The van der Waals surface area contributed by atoms with Gasteiger partial charge in [0.1, 0.15) is 12.3 Å². The van der Waals surface area contributed by atoms with E-state index >= 15 is 0 Å². The fourth-order valence-electron chi connectivity index (χ4n) is 3.79. The number of hydrogen-bond donors (Lipinski definition) is 1. The van der Waals surface area contributed by atoms with Crippen molar-refractivity contribution < 1.29 is 19.1 Å². The number of rotatable bonds is 7. The number of benzene rings is 1. The summed E-state index contributed by atoms with van der Waals surface area (Å²) in [4.78, 5) is 40.2. The molecule has 0 aliphatic carbocycles. The number of amides is 2. The Hall–Kier alpha value is -2.41. The number of fused-ring (bicyclic) bond motifs is 1. The topological polar surface area (TPSA) is 79.0 Å². The SMILES string of the molecule is CC(=O)c1ccc2c(c1)N(CC(=O)NCCCN1CCCC[C@@H]1C)C(=O)CO2. The molecule has 0 unspecified atom stereocenters. The van der Waals surface area contributed by atoms with Crippen molar-refractivity contribution in [3.05, 3.63) is 23.8 Å². The minimum absolute atomic E-state index is 0.0727. The predicted molar refractivity (Wildman–Crippen MR) is 107 cm³/mol. The van der Waals surface area contributed by atoms with Crippen molar-refractivity contribution in [2.24, 2.45) is 0 Å². The molecule has 2 aliphatic rings. The number of Topliss-reactive ketones (excluding diaryl/α,β-unsaturated/α-hetero) is 1. The van der Waals surface area contributed by atoms with Crippen LogP contribution >= 0.6 is 0 Å². The quantitative estimate of drug-likeness (QED) is 0.572. The normalized spacial score (nSPS) is 19.7. The summed E-state index contributed by atoms with van der Waals surface area (Å²) in [5.74, 6) is -0.0831. The molecule has 1 aromatic carbocycles. The number of ketones is 1. The van der Waals surface area contributed by atoms with Gasteiger partial charge in [-0.1, -0.05) is 6.42 Å². The van der Waals surface area contributed by atoms with Gasteiger partial charge in [-0.25, -0.2) is 0 Å². The van der Waals surface area contributed by atoms with Gasteiger partial charge in [-0.3, -0.25) is 19.3 Å². The molecular formula is C21H29N3O4. The molecule has 0 radical (unpaired) electrons. The fraction of sp³-hybridized carbons (Fsp3) is 0.571. The summed E-state index contributed by atoms with van der Waals surface area (Å²) in [5.41, 5.74) is 0.958. The zero-order chi connectivity index (χ0) is 20.1. The van der Waals surface area contributed by atoms with Gasteiger partial charge < -0.3 is 15.0 Å². The summed E-state index contributed by atoms with van der Waals surface area (Å²) < 4.78 is 5.42. The second-order valence-corrected chi connectivity index (χ2v) is 7.59. The molecule has 3 rings (SSSR count). The standard InChI is InChI=1S/C21H29N3O4/c1-15-6-3-4-10-23(15)11-5-9-22-20(26)13-24-18-12-17(16(2)25)7-8-19(18)28-14-21(24)27/h7-8,12,15H,3-6,9-11,13-14H2,1-2H3,(H,22,26)/t15-/m0/s1. The van der Waals surface area contributed by atoms with E-state index in [1.54, 1.807) is 18.2 Å². The van der Waals surface area contributed by atoms with Crippen molar-refractivity contribution in [3.63, 3.8) is 0 Å². The minimum Gasteiger partial charge on any atom is -0.482 e. The fourth-order valence-corrected chi connectivity index (χ4v) is 3.79. The summed E-state index contributed by atoms with van der Waals surface area (Å²) in [7, 11) is 0. The number of carbonyl (C=O) groups is 3. The Morgan fingerprint density at radius 2 is 2.11 bits per heavy atom. The van der Waals surface area contributed by atoms with Gasteiger partial charge in [0.15, 0.2) is 12.4 Å². The van der Waals surface area contributed by atoms with Gasteiger partial charge in [0.25, 0.3) is 5.91 Å². The molecule has 7 heteroatoms. The molecule has 0 bridgehead atoms. The third-order valence-electron chi connectivity index (χ3n) is 5.50. The molecule has 1 atom stereocenters. The van der Waals surface area contributed by atoms with E-state index in [1.165, 1.54) is 31.1 Å². The van der Waals surface area contributed by atoms with Gasteiger partial charge in [-0.15, -0.1) is 0 Å². The molecule has 2 aliphatic heterocycles. The lowest BCUT2D eigenvalue weighted by Crippen LogP contribution is -2.45. The third kappa shape index (κ3) is 4.90. The van der Waals surface area contributed by atoms with E-state index < -0.39 is 0 Å². The molecular weight excluding hydrogens is 358 g/mol. The molecule has 2 heterocycles. The van der Waals surface area contributed by atoms with Crippen LogP contribution in [0, 0.1) is 0 Å². The zero-order valence-corrected chi connectivity index (χ0v) is 16.7. The lowest BCUT2D eigenvalue weighted by Gasteiger charge is -2.33. The average Bonchev–Trinajstić information content (AvgIpc) is 2.68. The highest BCUT2D eigenvalue weighted by molar-refractivity contribution is 6.04. The number of hydrogen-bond acceptors (Lipinski definition) is 5. The van der Waals surface area contributed by atoms with Crippen molar-refractivity contribution >= 4 is 23.3 Å². The van der Waals surface area contributed by atoms with Gasteiger partial charge >= 0.3 is 0 Å². The maximum absolute atomic E-state index is 12.4. The van der Waals surface area contributed by atoms with E-state index in [0.717, 1.165) is 19.5 Å². The molecule has 1 N–H and O–H groups in total. The molecule has 1 saturated heterocycles. The van der Waals surface area contributed by atoms with Crippen LogP contribution in [0.15, 0.2) is 18.2 Å². The van der Waals surface area contributed by atoms with Crippen molar-refractivity contribution in [3.8, 4) is 5.75 Å². The minimum atomic E-state index is -0.287. The van der Waals surface area contributed by atoms with Crippen molar-refractivity contribution in [1.82, 2.24) is 10.2 Å². The average molecular weight is 387 g/mol. The summed E-state index contributed by atoms with van der Waals surface area (Å²) in [6.45, 7) is 6.24. The first-order valence-corrected chi connectivity index (χ1v) is 10.0. The summed E-state index contributed by atoms with van der Waals surface area (Å²) >= 11 is 0. The van der Waals surface area contributed by atoms with Crippen LogP contribution in [0.2, 0.25) is 0 Å². The number of nitrogens with zero attached hydrogens (tertiary/aromatic N) is 2. The first kappa shape index (κ1) is 20.3. The molecule has 0 aromatic heterocycles. The maximum Gasteiger partial charge on any atom is 0.265 e.